The van der Waals surface area contributed by atoms with Crippen LogP contribution in [0.1, 0.15) is 31.5 Å². The number of aliphatic carboxylic acids is 1. The number of carboxylic acid groups (broad SMARTS) is 1. The molecule has 1 atom stereocenters. The quantitative estimate of drug-likeness (QED) is 0.483. The number of nitrogens with zero attached hydrogens (tertiary/aromatic N) is 2. The van der Waals surface area contributed by atoms with E-state index in [-0.39, 0.29) is 0 Å². The van der Waals surface area contributed by atoms with Crippen LogP contribution in [-0.4, -0.2) is 39.4 Å². The van der Waals surface area contributed by atoms with E-state index in [4.69, 9.17) is 9.47 Å². The summed E-state index contributed by atoms with van der Waals surface area (Å²) in [5.74, 6) is -0.169. The molecule has 0 spiro atoms. The molecule has 0 aliphatic heterocycles. The fraction of sp³-hybridized carbons (Fsp3) is 0.360. The molecule has 2 heterocycles. The Morgan fingerprint density at radius 2 is 1.77 bits per heavy atom. The topological polar surface area (TPSA) is 73.6 Å². The predicted molar refractivity (Wildman–Crippen MR) is 120 cm³/mol. The summed E-state index contributed by atoms with van der Waals surface area (Å²) in [4.78, 5) is 15.9. The number of benzene rings is 1. The maximum absolute atomic E-state index is 11.8. The Morgan fingerprint density at radius 1 is 1.06 bits per heavy atom. The van der Waals surface area contributed by atoms with Gasteiger partial charge in [-0.25, -0.2) is 4.79 Å². The van der Waals surface area contributed by atoms with Gasteiger partial charge in [-0.15, -0.1) is 0 Å². The van der Waals surface area contributed by atoms with Crippen LogP contribution in [0.2, 0.25) is 0 Å². The molecule has 6 nitrogen and oxygen atoms in total. The summed E-state index contributed by atoms with van der Waals surface area (Å²) in [5, 5.41) is 9.65. The van der Waals surface area contributed by atoms with Crippen molar-refractivity contribution in [3.63, 3.8) is 0 Å². The number of carboxylic acids is 1. The van der Waals surface area contributed by atoms with Gasteiger partial charge in [0.1, 0.15) is 12.4 Å². The van der Waals surface area contributed by atoms with Crippen molar-refractivity contribution in [2.24, 2.45) is 0 Å². The zero-order valence-electron chi connectivity index (χ0n) is 18.4. The second kappa shape index (κ2) is 10.3. The molecule has 0 saturated carbocycles. The summed E-state index contributed by atoms with van der Waals surface area (Å²) in [6.45, 7) is 7.35. The highest BCUT2D eigenvalue weighted by Gasteiger charge is 2.37. The highest BCUT2D eigenvalue weighted by molar-refractivity contribution is 5.78. The van der Waals surface area contributed by atoms with Gasteiger partial charge in [0, 0.05) is 42.4 Å². The van der Waals surface area contributed by atoms with Crippen molar-refractivity contribution in [2.75, 3.05) is 13.2 Å². The zero-order chi connectivity index (χ0) is 22.3. The van der Waals surface area contributed by atoms with Crippen molar-refractivity contribution in [1.82, 2.24) is 9.55 Å². The molecule has 0 radical (unpaired) electrons. The molecule has 0 aliphatic carbocycles. The van der Waals surface area contributed by atoms with Crippen LogP contribution in [0, 0.1) is 6.92 Å². The van der Waals surface area contributed by atoms with Gasteiger partial charge in [0.2, 0.25) is 0 Å². The largest absolute Gasteiger partial charge is 0.492 e. The number of carbonyl (C=O) groups is 1. The normalized spacial score (nSPS) is 13.0. The van der Waals surface area contributed by atoms with Gasteiger partial charge >= 0.3 is 5.97 Å². The number of aryl methyl sites for hydroxylation is 1. The molecule has 31 heavy (non-hydrogen) atoms. The Kier molecular flexibility index (Phi) is 7.47. The lowest BCUT2D eigenvalue weighted by atomic mass is 9.91. The van der Waals surface area contributed by atoms with Crippen molar-refractivity contribution in [3.8, 4) is 17.0 Å². The van der Waals surface area contributed by atoms with Gasteiger partial charge in [0.25, 0.3) is 0 Å². The van der Waals surface area contributed by atoms with E-state index in [1.165, 1.54) is 5.69 Å². The van der Waals surface area contributed by atoms with Crippen LogP contribution in [0.3, 0.4) is 0 Å². The summed E-state index contributed by atoms with van der Waals surface area (Å²) in [7, 11) is 0. The van der Waals surface area contributed by atoms with Gasteiger partial charge in [0.05, 0.1) is 6.54 Å². The Bertz CT molecular complexity index is 983. The van der Waals surface area contributed by atoms with Crippen molar-refractivity contribution < 1.29 is 19.4 Å². The number of pyridine rings is 1. The molecule has 3 aromatic rings. The first-order valence-electron chi connectivity index (χ1n) is 10.6. The molecular weight excluding hydrogens is 392 g/mol. The van der Waals surface area contributed by atoms with Crippen LogP contribution in [0.15, 0.2) is 60.9 Å². The van der Waals surface area contributed by atoms with E-state index in [1.807, 2.05) is 50.2 Å². The van der Waals surface area contributed by atoms with E-state index in [2.05, 4.69) is 28.6 Å². The summed E-state index contributed by atoms with van der Waals surface area (Å²) < 4.78 is 13.8. The molecule has 164 valence electrons. The first-order valence-corrected chi connectivity index (χ1v) is 10.6. The number of hydrogen-bond donors (Lipinski definition) is 1. The Morgan fingerprint density at radius 3 is 2.39 bits per heavy atom. The highest BCUT2D eigenvalue weighted by Crippen LogP contribution is 2.25. The minimum atomic E-state index is -1.19. The Labute approximate surface area is 183 Å². The summed E-state index contributed by atoms with van der Waals surface area (Å²) in [6.07, 6.45) is 4.32. The SMILES string of the molecule is CCOC(CC)(Cc1ccc(OCCn2c(C)ccc2-c2ccncc2)cc1)C(=O)O. The van der Waals surface area contributed by atoms with Gasteiger partial charge < -0.3 is 19.1 Å². The second-order valence-electron chi connectivity index (χ2n) is 7.50. The molecule has 0 fully saturated rings. The predicted octanol–water partition coefficient (Wildman–Crippen LogP) is 4.75. The molecule has 0 saturated heterocycles. The van der Waals surface area contributed by atoms with Gasteiger partial charge in [-0.2, -0.15) is 0 Å². The van der Waals surface area contributed by atoms with E-state index < -0.39 is 11.6 Å². The van der Waals surface area contributed by atoms with E-state index in [0.29, 0.717) is 26.1 Å². The Balaban J connectivity index is 1.62. The molecule has 0 aliphatic rings. The van der Waals surface area contributed by atoms with E-state index >= 15 is 0 Å². The lowest BCUT2D eigenvalue weighted by Gasteiger charge is -2.28. The van der Waals surface area contributed by atoms with Crippen molar-refractivity contribution in [1.29, 1.82) is 0 Å². The third kappa shape index (κ3) is 5.33. The van der Waals surface area contributed by atoms with E-state index in [9.17, 15) is 9.90 Å². The Hall–Kier alpha value is -3.12. The van der Waals surface area contributed by atoms with Gasteiger partial charge in [-0.3, -0.25) is 4.98 Å². The monoisotopic (exact) mass is 422 g/mol. The summed E-state index contributed by atoms with van der Waals surface area (Å²) in [5.41, 5.74) is 3.16. The summed E-state index contributed by atoms with van der Waals surface area (Å²) >= 11 is 0. The summed E-state index contributed by atoms with van der Waals surface area (Å²) in [6, 6.07) is 15.8. The molecule has 3 rings (SSSR count). The van der Waals surface area contributed by atoms with E-state index in [1.54, 1.807) is 12.4 Å². The number of aromatic nitrogens is 2. The van der Waals surface area contributed by atoms with Crippen LogP contribution in [0.5, 0.6) is 5.75 Å². The molecular formula is C25H30N2O4. The molecule has 6 heteroatoms. The molecule has 1 aromatic carbocycles. The van der Waals surface area contributed by atoms with Crippen molar-refractivity contribution in [3.05, 3.63) is 72.2 Å². The lowest BCUT2D eigenvalue weighted by Crippen LogP contribution is -2.43. The van der Waals surface area contributed by atoms with Crippen LogP contribution < -0.4 is 4.74 Å². The maximum atomic E-state index is 11.8. The van der Waals surface area contributed by atoms with E-state index in [0.717, 1.165) is 29.1 Å². The van der Waals surface area contributed by atoms with Crippen molar-refractivity contribution >= 4 is 5.97 Å². The third-order valence-corrected chi connectivity index (χ3v) is 5.55. The first kappa shape index (κ1) is 22.6. The smallest absolute Gasteiger partial charge is 0.336 e. The van der Waals surface area contributed by atoms with Gasteiger partial charge in [0.15, 0.2) is 5.60 Å². The fourth-order valence-electron chi connectivity index (χ4n) is 3.77. The van der Waals surface area contributed by atoms with Gasteiger partial charge in [-0.1, -0.05) is 19.1 Å². The van der Waals surface area contributed by atoms with Gasteiger partial charge in [-0.05, 0) is 62.2 Å². The molecule has 0 amide bonds. The number of rotatable bonds is 11. The maximum Gasteiger partial charge on any atom is 0.336 e. The molecule has 1 N–H and O–H groups in total. The van der Waals surface area contributed by atoms with Crippen LogP contribution in [0.25, 0.3) is 11.3 Å². The minimum Gasteiger partial charge on any atom is -0.492 e. The average Bonchev–Trinajstić information content (AvgIpc) is 3.15. The van der Waals surface area contributed by atoms with Crippen LogP contribution in [0.4, 0.5) is 0 Å². The third-order valence-electron chi connectivity index (χ3n) is 5.55. The molecule has 2 aromatic heterocycles. The zero-order valence-corrected chi connectivity index (χ0v) is 18.4. The standard InChI is InChI=1S/C25H30N2O4/c1-4-25(24(28)29,31-5-2)18-20-7-9-22(10-8-20)30-17-16-27-19(3)6-11-23(27)21-12-14-26-15-13-21/h6-15H,4-5,16-18H2,1-3H3,(H,28,29). The first-order chi connectivity index (χ1) is 15.0. The lowest BCUT2D eigenvalue weighted by molar-refractivity contribution is -0.166. The average molecular weight is 423 g/mol. The molecule has 1 unspecified atom stereocenters. The number of ether oxygens (including phenoxy) is 2. The fourth-order valence-corrected chi connectivity index (χ4v) is 3.77. The van der Waals surface area contributed by atoms with Crippen LogP contribution in [-0.2, 0) is 22.5 Å². The minimum absolute atomic E-state index is 0.324. The second-order valence-corrected chi connectivity index (χ2v) is 7.50. The number of hydrogen-bond acceptors (Lipinski definition) is 4. The highest BCUT2D eigenvalue weighted by atomic mass is 16.5. The van der Waals surface area contributed by atoms with Crippen molar-refractivity contribution in [2.45, 2.75) is 45.8 Å². The van der Waals surface area contributed by atoms with Crippen LogP contribution >= 0.6 is 0 Å². The molecule has 0 bridgehead atoms.